The average Bonchev–Trinajstić information content (AvgIpc) is 3.37. The van der Waals surface area contributed by atoms with Crippen molar-refractivity contribution in [2.24, 2.45) is 14.1 Å². The molecule has 0 aliphatic heterocycles. The Morgan fingerprint density at radius 2 is 1.73 bits per heavy atom. The normalized spacial score (nSPS) is 12.1. The highest BCUT2D eigenvalue weighted by molar-refractivity contribution is 7.19. The monoisotopic (exact) mass is 415 g/mol. The maximum atomic E-state index is 12.7. The highest BCUT2D eigenvalue weighted by Crippen LogP contribution is 2.31. The fourth-order valence-corrected chi connectivity index (χ4v) is 4.37. The molecule has 7 nitrogen and oxygen atoms in total. The number of rotatable bonds is 3. The third-order valence-corrected chi connectivity index (χ3v) is 6.01. The van der Waals surface area contributed by atoms with E-state index in [1.165, 1.54) is 23.0 Å². The Morgan fingerprint density at radius 3 is 2.50 bits per heavy atom. The third kappa shape index (κ3) is 2.98. The van der Waals surface area contributed by atoms with E-state index >= 15 is 0 Å². The molecule has 3 heterocycles. The van der Waals surface area contributed by atoms with Gasteiger partial charge in [0.2, 0.25) is 0 Å². The maximum absolute atomic E-state index is 12.7. The molecular weight excluding hydrogens is 398 g/mol. The number of hydrogen-bond donors (Lipinski definition) is 1. The Bertz CT molecular complexity index is 1430. The first-order valence-electron chi connectivity index (χ1n) is 9.31. The van der Waals surface area contributed by atoms with Crippen LogP contribution < -0.4 is 11.2 Å². The molecule has 5 rings (SSSR count). The molecule has 0 aliphatic rings. The van der Waals surface area contributed by atoms with Crippen LogP contribution in [0.2, 0.25) is 0 Å². The number of fused-ring (bicyclic) bond motifs is 2. The molecular formula is C22H17N5O2S. The molecule has 0 atom stereocenters. The highest BCUT2D eigenvalue weighted by atomic mass is 32.1. The van der Waals surface area contributed by atoms with Crippen LogP contribution >= 0.6 is 11.3 Å². The van der Waals surface area contributed by atoms with Gasteiger partial charge in [-0.15, -0.1) is 11.3 Å². The predicted molar refractivity (Wildman–Crippen MR) is 120 cm³/mol. The van der Waals surface area contributed by atoms with Gasteiger partial charge in [0.25, 0.3) is 5.56 Å². The summed E-state index contributed by atoms with van der Waals surface area (Å²) in [6.07, 6.45) is 3.29. The molecule has 8 heteroatoms. The number of thiazole rings is 1. The molecule has 2 aromatic carbocycles. The summed E-state index contributed by atoms with van der Waals surface area (Å²) in [7, 11) is 3.10. The van der Waals surface area contributed by atoms with Crippen molar-refractivity contribution in [3.63, 3.8) is 0 Å². The fourth-order valence-electron chi connectivity index (χ4n) is 3.39. The third-order valence-electron chi connectivity index (χ3n) is 4.94. The molecule has 3 aromatic heterocycles. The lowest BCUT2D eigenvalue weighted by atomic mass is 10.1. The summed E-state index contributed by atoms with van der Waals surface area (Å²) in [4.78, 5) is 37.6. The predicted octanol–water partition coefficient (Wildman–Crippen LogP) is 3.16. The summed E-state index contributed by atoms with van der Waals surface area (Å²) in [5, 5.41) is 0.742. The summed E-state index contributed by atoms with van der Waals surface area (Å²) in [5.41, 5.74) is 2.95. The molecule has 148 valence electrons. The van der Waals surface area contributed by atoms with Crippen molar-refractivity contribution in [1.82, 2.24) is 24.1 Å². The van der Waals surface area contributed by atoms with E-state index in [0.29, 0.717) is 17.0 Å². The quantitative estimate of drug-likeness (QED) is 0.490. The van der Waals surface area contributed by atoms with E-state index in [4.69, 9.17) is 9.97 Å². The fraction of sp³-hybridized carbons (Fsp3) is 0.0909. The molecule has 0 saturated carbocycles. The van der Waals surface area contributed by atoms with E-state index in [1.807, 2.05) is 48.5 Å². The van der Waals surface area contributed by atoms with Crippen LogP contribution in [-0.4, -0.2) is 24.1 Å². The zero-order chi connectivity index (χ0) is 20.8. The van der Waals surface area contributed by atoms with Gasteiger partial charge in [-0.2, -0.15) is 0 Å². The molecule has 30 heavy (non-hydrogen) atoms. The zero-order valence-corrected chi connectivity index (χ0v) is 17.1. The van der Waals surface area contributed by atoms with E-state index in [0.717, 1.165) is 30.8 Å². The van der Waals surface area contributed by atoms with Crippen molar-refractivity contribution < 1.29 is 0 Å². The van der Waals surface area contributed by atoms with Crippen LogP contribution in [-0.2, 0) is 14.1 Å². The number of nitrogens with zero attached hydrogens (tertiary/aromatic N) is 4. The van der Waals surface area contributed by atoms with E-state index < -0.39 is 0 Å². The number of H-pyrrole nitrogens is 1. The molecule has 0 aliphatic carbocycles. The summed E-state index contributed by atoms with van der Waals surface area (Å²) in [5.74, 6) is 0.617. The smallest absolute Gasteiger partial charge is 0.330 e. The minimum atomic E-state index is -0.373. The largest absolute Gasteiger partial charge is 0.338 e. The van der Waals surface area contributed by atoms with E-state index in [-0.39, 0.29) is 11.2 Å². The first kappa shape index (κ1) is 18.3. The summed E-state index contributed by atoms with van der Waals surface area (Å²) >= 11 is 1.53. The Morgan fingerprint density at radius 1 is 1.00 bits per heavy atom. The maximum Gasteiger partial charge on any atom is 0.330 e. The van der Waals surface area contributed by atoms with Gasteiger partial charge in [-0.3, -0.25) is 9.36 Å². The van der Waals surface area contributed by atoms with Crippen molar-refractivity contribution in [2.75, 3.05) is 0 Å². The number of hydrogen-bond acceptors (Lipinski definition) is 5. The van der Waals surface area contributed by atoms with Crippen LogP contribution in [0.1, 0.15) is 16.4 Å². The molecule has 0 fully saturated rings. The molecule has 1 N–H and O–H groups in total. The highest BCUT2D eigenvalue weighted by Gasteiger charge is 2.17. The molecule has 0 bridgehead atoms. The van der Waals surface area contributed by atoms with Crippen LogP contribution in [0, 0.1) is 0 Å². The number of aryl methyl sites for hydroxylation is 1. The van der Waals surface area contributed by atoms with Gasteiger partial charge < -0.3 is 9.55 Å². The first-order valence-corrected chi connectivity index (χ1v) is 10.1. The SMILES string of the molecule is Cn1cc(/C=C(\c2nc3ccccc3[nH]2)c2nc3ccccc3s2)c(=O)n(C)c1=O. The van der Waals surface area contributed by atoms with Gasteiger partial charge >= 0.3 is 5.69 Å². The molecule has 0 spiro atoms. The Kier molecular flexibility index (Phi) is 4.22. The van der Waals surface area contributed by atoms with Crippen LogP contribution in [0.5, 0.6) is 0 Å². The number of benzene rings is 2. The lowest BCUT2D eigenvalue weighted by Crippen LogP contribution is -2.37. The molecule has 0 radical (unpaired) electrons. The Balaban J connectivity index is 1.79. The Hall–Kier alpha value is -3.78. The number of para-hydroxylation sites is 3. The summed E-state index contributed by atoms with van der Waals surface area (Å²) in [6.45, 7) is 0. The van der Waals surface area contributed by atoms with Gasteiger partial charge in [0.1, 0.15) is 10.8 Å². The van der Waals surface area contributed by atoms with Crippen LogP contribution in [0.4, 0.5) is 0 Å². The van der Waals surface area contributed by atoms with Crippen molar-refractivity contribution in [3.05, 3.63) is 92.0 Å². The number of imidazole rings is 1. The Labute approximate surface area is 174 Å². The van der Waals surface area contributed by atoms with Crippen LogP contribution in [0.15, 0.2) is 64.3 Å². The summed E-state index contributed by atoms with van der Waals surface area (Å²) in [6, 6.07) is 15.6. The van der Waals surface area contributed by atoms with E-state index in [1.54, 1.807) is 19.3 Å². The lowest BCUT2D eigenvalue weighted by Gasteiger charge is -2.05. The van der Waals surface area contributed by atoms with Crippen LogP contribution in [0.3, 0.4) is 0 Å². The van der Waals surface area contributed by atoms with Gasteiger partial charge in [-0.25, -0.2) is 14.8 Å². The number of nitrogens with one attached hydrogen (secondary N) is 1. The standard InChI is InChI=1S/C22H17N5O2S/c1-26-12-13(21(28)27(2)22(26)29)11-14(19-23-15-7-3-4-8-16(15)24-19)20-25-17-9-5-6-10-18(17)30-20/h3-12H,1-2H3,(H,23,24)/b14-11+. The molecule has 0 unspecified atom stereocenters. The first-order chi connectivity index (χ1) is 14.5. The lowest BCUT2D eigenvalue weighted by molar-refractivity contribution is 0.683. The van der Waals surface area contributed by atoms with Crippen molar-refractivity contribution in [3.8, 4) is 0 Å². The van der Waals surface area contributed by atoms with Gasteiger partial charge in [0.15, 0.2) is 0 Å². The average molecular weight is 415 g/mol. The zero-order valence-electron chi connectivity index (χ0n) is 16.3. The van der Waals surface area contributed by atoms with Gasteiger partial charge in [-0.05, 0) is 30.3 Å². The minimum Gasteiger partial charge on any atom is -0.338 e. The molecule has 5 aromatic rings. The van der Waals surface area contributed by atoms with Crippen molar-refractivity contribution in [1.29, 1.82) is 0 Å². The molecule has 0 saturated heterocycles. The number of aromatic nitrogens is 5. The van der Waals surface area contributed by atoms with E-state index in [9.17, 15) is 9.59 Å². The topological polar surface area (TPSA) is 85.6 Å². The van der Waals surface area contributed by atoms with Gasteiger partial charge in [-0.1, -0.05) is 24.3 Å². The molecule has 0 amide bonds. The van der Waals surface area contributed by atoms with Crippen LogP contribution in [0.25, 0.3) is 32.9 Å². The van der Waals surface area contributed by atoms with E-state index in [2.05, 4.69) is 4.98 Å². The van der Waals surface area contributed by atoms with Gasteiger partial charge in [0, 0.05) is 20.3 Å². The van der Waals surface area contributed by atoms with Crippen molar-refractivity contribution >= 4 is 44.2 Å². The second-order valence-corrected chi connectivity index (χ2v) is 8.02. The van der Waals surface area contributed by atoms with Gasteiger partial charge in [0.05, 0.1) is 32.4 Å². The van der Waals surface area contributed by atoms with Crippen molar-refractivity contribution in [2.45, 2.75) is 0 Å². The second-order valence-electron chi connectivity index (χ2n) is 6.99. The number of aromatic amines is 1. The minimum absolute atomic E-state index is 0.368. The second kappa shape index (κ2) is 6.93. The summed E-state index contributed by atoms with van der Waals surface area (Å²) < 4.78 is 3.53.